The van der Waals surface area contributed by atoms with Crippen molar-refractivity contribution in [2.45, 2.75) is 13.8 Å². The maximum absolute atomic E-state index is 3.48. The molecule has 1 aliphatic heterocycles. The van der Waals surface area contributed by atoms with Crippen molar-refractivity contribution in [2.24, 2.45) is 0 Å². The van der Waals surface area contributed by atoms with E-state index in [-0.39, 0.29) is 0 Å². The molecule has 0 bridgehead atoms. The van der Waals surface area contributed by atoms with E-state index in [1.54, 1.807) is 7.16 Å². The second kappa shape index (κ2) is 7.07. The van der Waals surface area contributed by atoms with Gasteiger partial charge >= 0.3 is 178 Å². The topological polar surface area (TPSA) is 3.24 Å². The Morgan fingerprint density at radius 2 is 0.966 bits per heavy atom. The molecular weight excluding hydrogens is 457 g/mol. The first kappa shape index (κ1) is 18.5. The van der Waals surface area contributed by atoms with Crippen LogP contribution in [0.25, 0.3) is 0 Å². The van der Waals surface area contributed by atoms with E-state index in [0.29, 0.717) is 0 Å². The van der Waals surface area contributed by atoms with Crippen LogP contribution in [0.4, 0.5) is 11.4 Å². The first-order valence-electron chi connectivity index (χ1n) is 10.2. The molecule has 142 valence electrons. The van der Waals surface area contributed by atoms with Gasteiger partial charge in [-0.25, -0.2) is 0 Å². The van der Waals surface area contributed by atoms with Crippen molar-refractivity contribution in [3.63, 3.8) is 0 Å². The van der Waals surface area contributed by atoms with Gasteiger partial charge in [0, 0.05) is 0 Å². The summed E-state index contributed by atoms with van der Waals surface area (Å²) >= 11 is -3.48. The summed E-state index contributed by atoms with van der Waals surface area (Å²) in [6.45, 7) is 4.44. The molecule has 0 spiro atoms. The van der Waals surface area contributed by atoms with Gasteiger partial charge in [-0.15, -0.1) is 0 Å². The average molecular weight is 482 g/mol. The van der Waals surface area contributed by atoms with E-state index >= 15 is 0 Å². The van der Waals surface area contributed by atoms with Gasteiger partial charge in [-0.2, -0.15) is 0 Å². The first-order valence-corrected chi connectivity index (χ1v) is 15.9. The summed E-state index contributed by atoms with van der Waals surface area (Å²) in [5.74, 6) is 0. The van der Waals surface area contributed by atoms with Gasteiger partial charge in [-0.05, 0) is 0 Å². The molecule has 4 aromatic carbocycles. The summed E-state index contributed by atoms with van der Waals surface area (Å²) in [6, 6.07) is 36.7. The van der Waals surface area contributed by atoms with E-state index in [1.165, 1.54) is 29.7 Å². The number of benzene rings is 4. The van der Waals surface area contributed by atoms with Crippen LogP contribution in [0.3, 0.4) is 0 Å². The predicted molar refractivity (Wildman–Crippen MR) is 128 cm³/mol. The van der Waals surface area contributed by atoms with Crippen molar-refractivity contribution >= 4 is 44.1 Å². The Balaban J connectivity index is 2.01. The third kappa shape index (κ3) is 2.75. The van der Waals surface area contributed by atoms with E-state index in [2.05, 4.69) is 123 Å². The number of aryl methyl sites for hydroxylation is 2. The van der Waals surface area contributed by atoms with Crippen LogP contribution < -0.4 is 19.2 Å². The normalized spacial score (nSPS) is 14.2. The van der Waals surface area contributed by atoms with Crippen LogP contribution in [-0.4, -0.2) is 25.4 Å². The molecule has 1 heterocycles. The predicted octanol–water partition coefficient (Wildman–Crippen LogP) is 3.76. The van der Waals surface area contributed by atoms with Crippen LogP contribution in [-0.2, 0) is 0 Å². The SMILES string of the molecule is Cc1ccc2[c](c1)[Sn]([c]1ccccc1)([c]1ccccc1)[c]1cc(C)ccc1N2C. The second-order valence-electron chi connectivity index (χ2n) is 8.08. The number of anilines is 2. The zero-order chi connectivity index (χ0) is 20.0. The van der Waals surface area contributed by atoms with Crippen LogP contribution in [0, 0.1) is 13.8 Å². The fourth-order valence-corrected chi connectivity index (χ4v) is 20.4. The maximum atomic E-state index is 2.47. The Hall–Kier alpha value is -2.52. The van der Waals surface area contributed by atoms with Gasteiger partial charge in [-0.1, -0.05) is 0 Å². The van der Waals surface area contributed by atoms with Gasteiger partial charge in [-0.3, -0.25) is 0 Å². The molecule has 0 amide bonds. The minimum atomic E-state index is -3.48. The monoisotopic (exact) mass is 483 g/mol. The number of hydrogen-bond acceptors (Lipinski definition) is 1. The molecule has 0 aromatic heterocycles. The van der Waals surface area contributed by atoms with E-state index in [1.807, 2.05) is 0 Å². The molecule has 0 N–H and O–H groups in total. The number of hydrogen-bond donors (Lipinski definition) is 0. The Labute approximate surface area is 177 Å². The van der Waals surface area contributed by atoms with Crippen molar-refractivity contribution < 1.29 is 0 Å². The summed E-state index contributed by atoms with van der Waals surface area (Å²) in [5, 5.41) is 0. The third-order valence-electron chi connectivity index (χ3n) is 6.25. The van der Waals surface area contributed by atoms with Crippen LogP contribution >= 0.6 is 0 Å². The Kier molecular flexibility index (Phi) is 4.51. The molecule has 0 saturated carbocycles. The molecule has 0 aliphatic carbocycles. The molecule has 29 heavy (non-hydrogen) atoms. The van der Waals surface area contributed by atoms with Gasteiger partial charge in [0.25, 0.3) is 0 Å². The molecule has 5 rings (SSSR count). The summed E-state index contributed by atoms with van der Waals surface area (Å²) in [6.07, 6.45) is 0. The quantitative estimate of drug-likeness (QED) is 0.394. The van der Waals surface area contributed by atoms with Gasteiger partial charge in [0.05, 0.1) is 0 Å². The average Bonchev–Trinajstić information content (AvgIpc) is 2.75. The number of rotatable bonds is 2. The minimum absolute atomic E-state index is 1.33. The zero-order valence-electron chi connectivity index (χ0n) is 17.2. The van der Waals surface area contributed by atoms with Gasteiger partial charge in [0.1, 0.15) is 0 Å². The van der Waals surface area contributed by atoms with Crippen molar-refractivity contribution in [3.8, 4) is 0 Å². The van der Waals surface area contributed by atoms with Crippen molar-refractivity contribution in [3.05, 3.63) is 108 Å². The molecule has 0 atom stereocenters. The van der Waals surface area contributed by atoms with Crippen LogP contribution in [0.15, 0.2) is 97.1 Å². The van der Waals surface area contributed by atoms with E-state index in [9.17, 15) is 0 Å². The Bertz CT molecular complexity index is 1090. The molecule has 1 nitrogen and oxygen atoms in total. The van der Waals surface area contributed by atoms with Gasteiger partial charge < -0.3 is 0 Å². The van der Waals surface area contributed by atoms with Crippen LogP contribution in [0.5, 0.6) is 0 Å². The molecule has 1 aliphatic rings. The molecule has 0 radical (unpaired) electrons. The van der Waals surface area contributed by atoms with Crippen molar-refractivity contribution in [2.75, 3.05) is 11.9 Å². The fraction of sp³-hybridized carbons (Fsp3) is 0.111. The first-order chi connectivity index (χ1) is 14.1. The van der Waals surface area contributed by atoms with E-state index in [4.69, 9.17) is 0 Å². The fourth-order valence-electron chi connectivity index (χ4n) is 4.93. The molecule has 0 unspecified atom stereocenters. The summed E-state index contributed by atoms with van der Waals surface area (Å²) in [7, 11) is 2.22. The zero-order valence-corrected chi connectivity index (χ0v) is 20.0. The molecular formula is C27H25NSn. The molecule has 2 heteroatoms. The summed E-state index contributed by atoms with van der Waals surface area (Å²) < 4.78 is 6.13. The summed E-state index contributed by atoms with van der Waals surface area (Å²) in [4.78, 5) is 2.39. The number of fused-ring (bicyclic) bond motifs is 2. The molecule has 0 fully saturated rings. The van der Waals surface area contributed by atoms with Crippen LogP contribution in [0.1, 0.15) is 11.1 Å². The summed E-state index contributed by atoms with van der Waals surface area (Å²) in [5.41, 5.74) is 5.38. The van der Waals surface area contributed by atoms with E-state index < -0.39 is 18.4 Å². The molecule has 0 saturated heterocycles. The Morgan fingerprint density at radius 3 is 1.38 bits per heavy atom. The van der Waals surface area contributed by atoms with Gasteiger partial charge in [0.15, 0.2) is 0 Å². The number of nitrogens with zero attached hydrogens (tertiary/aromatic N) is 1. The van der Waals surface area contributed by atoms with Gasteiger partial charge in [0.2, 0.25) is 0 Å². The third-order valence-corrected chi connectivity index (χ3v) is 20.0. The standard InChI is InChI=1S/C15H15N.2C6H5.Sn/c1-12-4-8-14(9-5-12)16(3)15-10-6-13(2)7-11-15;2*1-2-4-6-5-3-1;/h4-8,10H,1-3H3;2*1-5H;. The van der Waals surface area contributed by atoms with Crippen molar-refractivity contribution in [1.82, 2.24) is 0 Å². The van der Waals surface area contributed by atoms with Crippen molar-refractivity contribution in [1.29, 1.82) is 0 Å². The second-order valence-corrected chi connectivity index (χ2v) is 18.7. The Morgan fingerprint density at radius 1 is 0.552 bits per heavy atom. The molecule has 4 aromatic rings. The van der Waals surface area contributed by atoms with Crippen LogP contribution in [0.2, 0.25) is 0 Å². The van der Waals surface area contributed by atoms with E-state index in [0.717, 1.165) is 0 Å².